The monoisotopic (exact) mass is 226 g/mol. The van der Waals surface area contributed by atoms with Gasteiger partial charge >= 0.3 is 6.18 Å². The Labute approximate surface area is 81.9 Å². The van der Waals surface area contributed by atoms with Crippen LogP contribution in [0.5, 0.6) is 0 Å². The van der Waals surface area contributed by atoms with Gasteiger partial charge in [-0.2, -0.15) is 13.2 Å². The molecular weight excluding hydrogens is 219 g/mol. The molecule has 1 aromatic rings. The second-order valence-corrected chi connectivity index (χ2v) is 2.90. The Morgan fingerprint density at radius 3 is 2.27 bits per heavy atom. The molecule has 1 aromatic heterocycles. The first kappa shape index (κ1) is 11.7. The molecule has 0 saturated heterocycles. The van der Waals surface area contributed by atoms with Crippen molar-refractivity contribution in [2.75, 3.05) is 5.73 Å². The van der Waals surface area contributed by atoms with Gasteiger partial charge in [0.1, 0.15) is 11.5 Å². The number of hydrogen-bond acceptors (Lipinski definition) is 2. The first-order valence-electron chi connectivity index (χ1n) is 3.86. The van der Waals surface area contributed by atoms with Gasteiger partial charge in [-0.15, -0.1) is 0 Å². The highest BCUT2D eigenvalue weighted by molar-refractivity contribution is 5.42. The van der Waals surface area contributed by atoms with E-state index in [0.717, 1.165) is 6.92 Å². The molecule has 0 saturated carbocycles. The summed E-state index contributed by atoms with van der Waals surface area (Å²) in [5.41, 5.74) is 2.32. The number of anilines is 1. The molecule has 0 atom stereocenters. The Bertz CT molecular complexity index is 372. The van der Waals surface area contributed by atoms with E-state index in [-0.39, 0.29) is 0 Å². The van der Waals surface area contributed by atoms with Crippen LogP contribution in [0, 0.1) is 6.92 Å². The molecule has 2 nitrogen and oxygen atoms in total. The molecule has 0 amide bonds. The van der Waals surface area contributed by atoms with Crippen LogP contribution in [0.2, 0.25) is 0 Å². The number of rotatable bonds is 1. The first-order valence-corrected chi connectivity index (χ1v) is 3.86. The number of hydrogen-bond donors (Lipinski definition) is 1. The summed E-state index contributed by atoms with van der Waals surface area (Å²) in [6, 6.07) is 0.543. The molecule has 2 N–H and O–H groups in total. The summed E-state index contributed by atoms with van der Waals surface area (Å²) in [4.78, 5) is 3.17. The highest BCUT2D eigenvalue weighted by atomic mass is 19.4. The number of nitrogen functional groups attached to an aromatic ring is 1. The molecule has 0 radical (unpaired) electrons. The van der Waals surface area contributed by atoms with Crippen molar-refractivity contribution in [3.63, 3.8) is 0 Å². The molecule has 0 unspecified atom stereocenters. The average molecular weight is 226 g/mol. The van der Waals surface area contributed by atoms with Crippen molar-refractivity contribution in [1.29, 1.82) is 0 Å². The molecule has 0 aliphatic heterocycles. The van der Waals surface area contributed by atoms with Crippen LogP contribution in [-0.4, -0.2) is 4.98 Å². The summed E-state index contributed by atoms with van der Waals surface area (Å²) in [5.74, 6) is -0.566. The zero-order valence-corrected chi connectivity index (χ0v) is 7.57. The van der Waals surface area contributed by atoms with Crippen molar-refractivity contribution >= 4 is 5.82 Å². The number of halogens is 5. The molecule has 1 heterocycles. The van der Waals surface area contributed by atoms with E-state index < -0.39 is 35.2 Å². The van der Waals surface area contributed by atoms with Gasteiger partial charge in [0.15, 0.2) is 0 Å². The molecule has 7 heteroatoms. The molecular formula is C8H7F5N2. The molecule has 0 aliphatic carbocycles. The Balaban J connectivity index is 3.42. The van der Waals surface area contributed by atoms with Gasteiger partial charge in [0.2, 0.25) is 0 Å². The zero-order valence-electron chi connectivity index (χ0n) is 7.57. The third kappa shape index (κ3) is 2.34. The van der Waals surface area contributed by atoms with Gasteiger partial charge in [-0.1, -0.05) is 0 Å². The van der Waals surface area contributed by atoms with E-state index in [2.05, 4.69) is 4.98 Å². The molecule has 0 bridgehead atoms. The lowest BCUT2D eigenvalue weighted by Gasteiger charge is -2.13. The van der Waals surface area contributed by atoms with Crippen LogP contribution in [0.25, 0.3) is 0 Å². The zero-order chi connectivity index (χ0) is 11.8. The van der Waals surface area contributed by atoms with Crippen molar-refractivity contribution in [3.05, 3.63) is 22.9 Å². The molecule has 84 valence electrons. The standard InChI is InChI=1S/C8H7F5N2/c1-3-4(8(11,12)13)2-5(14)15-6(3)7(9)10/h2,7H,1H3,(H2,14,15). The van der Waals surface area contributed by atoms with Gasteiger partial charge in [0, 0.05) is 0 Å². The summed E-state index contributed by atoms with van der Waals surface area (Å²) >= 11 is 0. The van der Waals surface area contributed by atoms with E-state index >= 15 is 0 Å². The lowest BCUT2D eigenvalue weighted by atomic mass is 10.1. The Kier molecular flexibility index (Phi) is 2.83. The fourth-order valence-electron chi connectivity index (χ4n) is 1.16. The van der Waals surface area contributed by atoms with Crippen LogP contribution in [0.3, 0.4) is 0 Å². The summed E-state index contributed by atoms with van der Waals surface area (Å²) in [5, 5.41) is 0. The molecule has 0 spiro atoms. The summed E-state index contributed by atoms with van der Waals surface area (Å²) in [6.45, 7) is 0.941. The first-order chi connectivity index (χ1) is 6.73. The minimum Gasteiger partial charge on any atom is -0.384 e. The van der Waals surface area contributed by atoms with Crippen molar-refractivity contribution in [1.82, 2.24) is 4.98 Å². The maximum atomic E-state index is 12.3. The molecule has 0 aromatic carbocycles. The topological polar surface area (TPSA) is 38.9 Å². The Morgan fingerprint density at radius 1 is 1.33 bits per heavy atom. The third-order valence-electron chi connectivity index (χ3n) is 1.84. The molecule has 15 heavy (non-hydrogen) atoms. The predicted octanol–water partition coefficient (Wildman–Crippen LogP) is 2.93. The minimum absolute atomic E-state index is 0.543. The normalized spacial score (nSPS) is 12.2. The van der Waals surface area contributed by atoms with Gasteiger partial charge < -0.3 is 5.73 Å². The summed E-state index contributed by atoms with van der Waals surface area (Å²) in [6.07, 6.45) is -7.78. The number of aromatic nitrogens is 1. The predicted molar refractivity (Wildman–Crippen MR) is 43.3 cm³/mol. The highest BCUT2D eigenvalue weighted by Gasteiger charge is 2.35. The second-order valence-electron chi connectivity index (χ2n) is 2.90. The second kappa shape index (κ2) is 3.63. The van der Waals surface area contributed by atoms with Crippen molar-refractivity contribution in [3.8, 4) is 0 Å². The minimum atomic E-state index is -4.70. The average Bonchev–Trinajstić information content (AvgIpc) is 2.06. The van der Waals surface area contributed by atoms with Crippen LogP contribution < -0.4 is 5.73 Å². The highest BCUT2D eigenvalue weighted by Crippen LogP contribution is 2.35. The number of alkyl halides is 5. The van der Waals surface area contributed by atoms with E-state index in [1.807, 2.05) is 0 Å². The molecule has 1 rings (SSSR count). The van der Waals surface area contributed by atoms with Crippen molar-refractivity contribution in [2.24, 2.45) is 0 Å². The van der Waals surface area contributed by atoms with Crippen LogP contribution in [0.15, 0.2) is 6.07 Å². The number of pyridine rings is 1. The number of nitrogens with two attached hydrogens (primary N) is 1. The van der Waals surface area contributed by atoms with Crippen LogP contribution in [0.1, 0.15) is 23.2 Å². The maximum Gasteiger partial charge on any atom is 0.416 e. The quantitative estimate of drug-likeness (QED) is 0.747. The lowest BCUT2D eigenvalue weighted by Crippen LogP contribution is -2.12. The summed E-state index contributed by atoms with van der Waals surface area (Å²) in [7, 11) is 0. The van der Waals surface area contributed by atoms with Crippen molar-refractivity contribution in [2.45, 2.75) is 19.5 Å². The Morgan fingerprint density at radius 2 is 1.87 bits per heavy atom. The van der Waals surface area contributed by atoms with Crippen molar-refractivity contribution < 1.29 is 22.0 Å². The Hall–Kier alpha value is -1.40. The maximum absolute atomic E-state index is 12.3. The fourth-order valence-corrected chi connectivity index (χ4v) is 1.16. The molecule has 0 fully saturated rings. The summed E-state index contributed by atoms with van der Waals surface area (Å²) < 4.78 is 61.6. The van der Waals surface area contributed by atoms with Gasteiger partial charge in [-0.25, -0.2) is 13.8 Å². The number of nitrogens with zero attached hydrogens (tertiary/aromatic N) is 1. The van der Waals surface area contributed by atoms with Gasteiger partial charge in [0.25, 0.3) is 6.43 Å². The molecule has 0 aliphatic rings. The fraction of sp³-hybridized carbons (Fsp3) is 0.375. The van der Waals surface area contributed by atoms with Crippen LogP contribution in [0.4, 0.5) is 27.8 Å². The van der Waals surface area contributed by atoms with Gasteiger partial charge in [-0.05, 0) is 18.6 Å². The lowest BCUT2D eigenvalue weighted by molar-refractivity contribution is -0.138. The van der Waals surface area contributed by atoms with Crippen LogP contribution >= 0.6 is 0 Å². The van der Waals surface area contributed by atoms with Gasteiger partial charge in [0.05, 0.1) is 5.56 Å². The smallest absolute Gasteiger partial charge is 0.384 e. The van der Waals surface area contributed by atoms with Gasteiger partial charge in [-0.3, -0.25) is 0 Å². The van der Waals surface area contributed by atoms with Crippen LogP contribution in [-0.2, 0) is 6.18 Å². The van der Waals surface area contributed by atoms with E-state index in [4.69, 9.17) is 5.73 Å². The van der Waals surface area contributed by atoms with E-state index in [1.165, 1.54) is 0 Å². The SMILES string of the molecule is Cc1c(C(F)(F)F)cc(N)nc1C(F)F. The largest absolute Gasteiger partial charge is 0.416 e. The van der Waals surface area contributed by atoms with E-state index in [0.29, 0.717) is 6.07 Å². The van der Waals surface area contributed by atoms with E-state index in [1.54, 1.807) is 0 Å². The van der Waals surface area contributed by atoms with E-state index in [9.17, 15) is 22.0 Å². The third-order valence-corrected chi connectivity index (χ3v) is 1.84.